The van der Waals surface area contributed by atoms with Gasteiger partial charge in [0.25, 0.3) is 0 Å². The number of carbonyl (C=O) groups excluding carboxylic acids is 1. The van der Waals surface area contributed by atoms with Crippen molar-refractivity contribution in [3.63, 3.8) is 0 Å². The molecule has 1 aliphatic heterocycles. The first-order chi connectivity index (χ1) is 18.5. The van der Waals surface area contributed by atoms with E-state index in [0.717, 1.165) is 49.0 Å². The molecule has 10 nitrogen and oxygen atoms in total. The molecule has 0 bridgehead atoms. The molecule has 198 valence electrons. The van der Waals surface area contributed by atoms with Crippen LogP contribution >= 0.6 is 0 Å². The summed E-state index contributed by atoms with van der Waals surface area (Å²) < 4.78 is 25.9. The van der Waals surface area contributed by atoms with Crippen LogP contribution in [0.2, 0.25) is 0 Å². The van der Waals surface area contributed by atoms with Crippen molar-refractivity contribution >= 4 is 34.1 Å². The van der Waals surface area contributed by atoms with Gasteiger partial charge in [0.1, 0.15) is 11.9 Å². The van der Waals surface area contributed by atoms with Gasteiger partial charge in [-0.3, -0.25) is 9.89 Å². The lowest BCUT2D eigenvalue weighted by atomic mass is 10.1. The largest absolute Gasteiger partial charge is 0.494 e. The van der Waals surface area contributed by atoms with E-state index in [4.69, 9.17) is 9.47 Å². The van der Waals surface area contributed by atoms with E-state index in [-0.39, 0.29) is 30.3 Å². The Kier molecular flexibility index (Phi) is 7.64. The molecule has 0 spiro atoms. The normalized spacial score (nSPS) is 14.4. The third-order valence-electron chi connectivity index (χ3n) is 6.34. The molecule has 0 radical (unpaired) electrons. The van der Waals surface area contributed by atoms with E-state index in [0.29, 0.717) is 23.5 Å². The molecule has 1 aliphatic rings. The lowest BCUT2D eigenvalue weighted by Gasteiger charge is -2.28. The number of anilines is 3. The Labute approximate surface area is 219 Å². The number of halogens is 1. The molecule has 3 heterocycles. The fourth-order valence-corrected chi connectivity index (χ4v) is 4.30. The van der Waals surface area contributed by atoms with E-state index in [9.17, 15) is 9.18 Å². The summed E-state index contributed by atoms with van der Waals surface area (Å²) in [6, 6.07) is 12.9. The van der Waals surface area contributed by atoms with Crippen molar-refractivity contribution in [2.45, 2.75) is 32.3 Å². The summed E-state index contributed by atoms with van der Waals surface area (Å²) in [6.07, 6.45) is 3.02. The number of hydrogen-bond acceptors (Lipinski definition) is 8. The van der Waals surface area contributed by atoms with E-state index in [1.54, 1.807) is 18.2 Å². The molecule has 3 N–H and O–H groups in total. The Balaban J connectivity index is 1.26. The maximum atomic E-state index is 14.5. The van der Waals surface area contributed by atoms with Crippen molar-refractivity contribution in [3.8, 4) is 11.8 Å². The lowest BCUT2D eigenvalue weighted by molar-refractivity contribution is -0.115. The Hall–Kier alpha value is -4.25. The van der Waals surface area contributed by atoms with Gasteiger partial charge in [-0.15, -0.1) is 0 Å². The molecular weight excluding hydrogens is 489 g/mol. The molecule has 11 heteroatoms. The minimum absolute atomic E-state index is 0.000530. The summed E-state index contributed by atoms with van der Waals surface area (Å²) in [5.41, 5.74) is 2.15. The minimum atomic E-state index is -0.600. The number of carbonyl (C=O) groups is 1. The Morgan fingerprint density at radius 2 is 1.95 bits per heavy atom. The van der Waals surface area contributed by atoms with Crippen LogP contribution in [0.3, 0.4) is 0 Å². The summed E-state index contributed by atoms with van der Waals surface area (Å²) in [4.78, 5) is 23.2. The van der Waals surface area contributed by atoms with Gasteiger partial charge in [0.2, 0.25) is 5.91 Å². The van der Waals surface area contributed by atoms with Gasteiger partial charge in [-0.05, 0) is 62.7 Å². The number of nitrogens with one attached hydrogen (secondary N) is 3. The number of hydrogen-bond donors (Lipinski definition) is 3. The van der Waals surface area contributed by atoms with Crippen LogP contribution in [-0.4, -0.2) is 63.8 Å². The molecule has 5 rings (SSSR count). The number of benzene rings is 2. The molecule has 1 fully saturated rings. The van der Waals surface area contributed by atoms with Crippen molar-refractivity contribution in [2.24, 2.45) is 0 Å². The summed E-state index contributed by atoms with van der Waals surface area (Å²) >= 11 is 0. The molecule has 1 saturated heterocycles. The topological polar surface area (TPSA) is 117 Å². The Bertz CT molecular complexity index is 1400. The maximum Gasteiger partial charge on any atom is 0.318 e. The maximum absolute atomic E-state index is 14.5. The van der Waals surface area contributed by atoms with Gasteiger partial charge in [0, 0.05) is 24.2 Å². The van der Waals surface area contributed by atoms with Crippen molar-refractivity contribution in [2.75, 3.05) is 37.4 Å². The predicted octanol–water partition coefficient (Wildman–Crippen LogP) is 4.29. The SMILES string of the molecule is CCOc1ccc(CC(=O)Nc2n[nH]c3ccc(Nc4nc(OC5CCN(C)CC5)ncc4F)cc23)cc1. The van der Waals surface area contributed by atoms with Crippen LogP contribution in [0.15, 0.2) is 48.7 Å². The fourth-order valence-electron chi connectivity index (χ4n) is 4.30. The van der Waals surface area contributed by atoms with Gasteiger partial charge in [-0.2, -0.15) is 10.1 Å². The lowest BCUT2D eigenvalue weighted by Crippen LogP contribution is -2.36. The van der Waals surface area contributed by atoms with E-state index in [2.05, 4.69) is 42.7 Å². The van der Waals surface area contributed by atoms with E-state index in [1.165, 1.54) is 0 Å². The summed E-state index contributed by atoms with van der Waals surface area (Å²) in [5, 5.41) is 13.7. The number of piperidine rings is 1. The average molecular weight is 520 g/mol. The highest BCUT2D eigenvalue weighted by atomic mass is 19.1. The molecule has 0 aliphatic carbocycles. The number of ether oxygens (including phenoxy) is 2. The van der Waals surface area contributed by atoms with Gasteiger partial charge in [0.15, 0.2) is 17.5 Å². The highest BCUT2D eigenvalue weighted by molar-refractivity contribution is 6.01. The van der Waals surface area contributed by atoms with Crippen LogP contribution in [0.25, 0.3) is 10.9 Å². The monoisotopic (exact) mass is 519 g/mol. The number of rotatable bonds is 9. The third-order valence-corrected chi connectivity index (χ3v) is 6.34. The van der Waals surface area contributed by atoms with Crippen molar-refractivity contribution < 1.29 is 18.7 Å². The van der Waals surface area contributed by atoms with E-state index >= 15 is 0 Å². The zero-order valence-electron chi connectivity index (χ0n) is 21.3. The van der Waals surface area contributed by atoms with Crippen molar-refractivity contribution in [1.29, 1.82) is 0 Å². The average Bonchev–Trinajstić information content (AvgIpc) is 3.30. The highest BCUT2D eigenvalue weighted by Gasteiger charge is 2.20. The predicted molar refractivity (Wildman–Crippen MR) is 142 cm³/mol. The number of aromatic nitrogens is 4. The molecule has 2 aromatic heterocycles. The second kappa shape index (κ2) is 11.4. The van der Waals surface area contributed by atoms with Crippen LogP contribution in [-0.2, 0) is 11.2 Å². The summed E-state index contributed by atoms with van der Waals surface area (Å²) in [6.45, 7) is 4.37. The Morgan fingerprint density at radius 1 is 1.16 bits per heavy atom. The molecule has 0 atom stereocenters. The third kappa shape index (κ3) is 6.17. The second-order valence-corrected chi connectivity index (χ2v) is 9.23. The summed E-state index contributed by atoms with van der Waals surface area (Å²) in [7, 11) is 2.07. The molecule has 2 aromatic carbocycles. The van der Waals surface area contributed by atoms with Crippen molar-refractivity contribution in [3.05, 3.63) is 60.0 Å². The first kappa shape index (κ1) is 25.4. The molecule has 4 aromatic rings. The van der Waals surface area contributed by atoms with Crippen LogP contribution in [0.4, 0.5) is 21.7 Å². The quantitative estimate of drug-likeness (QED) is 0.300. The number of nitrogens with zero attached hydrogens (tertiary/aromatic N) is 4. The standard InChI is InChI=1S/C27H30FN7O3/c1-3-37-19-7-4-17(5-8-19)14-24(36)31-25-21-15-18(6-9-23(21)33-34-25)30-26-22(28)16-29-27(32-26)38-20-10-12-35(2)13-11-20/h4-9,15-16,20H,3,10-14H2,1-2H3,(H,29,30,32)(H2,31,33,34,36). The van der Waals surface area contributed by atoms with Crippen LogP contribution in [0.5, 0.6) is 11.8 Å². The zero-order chi connectivity index (χ0) is 26.5. The number of H-pyrrole nitrogens is 1. The number of fused-ring (bicyclic) bond motifs is 1. The molecule has 0 unspecified atom stereocenters. The van der Waals surface area contributed by atoms with Crippen LogP contribution < -0.4 is 20.1 Å². The van der Waals surface area contributed by atoms with Gasteiger partial charge in [0.05, 0.1) is 24.7 Å². The molecular formula is C27H30FN7O3. The van der Waals surface area contributed by atoms with Gasteiger partial charge >= 0.3 is 6.01 Å². The second-order valence-electron chi connectivity index (χ2n) is 9.23. The smallest absolute Gasteiger partial charge is 0.318 e. The highest BCUT2D eigenvalue weighted by Crippen LogP contribution is 2.27. The van der Waals surface area contributed by atoms with Crippen LogP contribution in [0, 0.1) is 5.82 Å². The number of likely N-dealkylation sites (tertiary alicyclic amines) is 1. The van der Waals surface area contributed by atoms with Gasteiger partial charge in [-0.1, -0.05) is 12.1 Å². The van der Waals surface area contributed by atoms with E-state index < -0.39 is 5.82 Å². The zero-order valence-corrected chi connectivity index (χ0v) is 21.3. The fraction of sp³-hybridized carbons (Fsp3) is 0.333. The first-order valence-corrected chi connectivity index (χ1v) is 12.6. The van der Waals surface area contributed by atoms with Crippen molar-refractivity contribution in [1.82, 2.24) is 25.1 Å². The van der Waals surface area contributed by atoms with E-state index in [1.807, 2.05) is 31.2 Å². The van der Waals surface area contributed by atoms with Crippen LogP contribution in [0.1, 0.15) is 25.3 Å². The molecule has 1 amide bonds. The minimum Gasteiger partial charge on any atom is -0.494 e. The van der Waals surface area contributed by atoms with Gasteiger partial charge < -0.3 is 25.0 Å². The number of amides is 1. The Morgan fingerprint density at radius 3 is 2.71 bits per heavy atom. The summed E-state index contributed by atoms with van der Waals surface area (Å²) in [5.74, 6) is 0.340. The number of aromatic amines is 1. The molecule has 38 heavy (non-hydrogen) atoms. The first-order valence-electron chi connectivity index (χ1n) is 12.6. The molecule has 0 saturated carbocycles. The van der Waals surface area contributed by atoms with Gasteiger partial charge in [-0.25, -0.2) is 9.37 Å².